The highest BCUT2D eigenvalue weighted by Gasteiger charge is 2.16. The number of hydrogen-bond donors (Lipinski definition) is 2. The minimum absolute atomic E-state index is 0.128. The van der Waals surface area contributed by atoms with E-state index in [0.29, 0.717) is 0 Å². The van der Waals surface area contributed by atoms with Crippen LogP contribution in [0, 0.1) is 4.91 Å². The molecule has 2 rings (SSSR count). The second-order valence-corrected chi connectivity index (χ2v) is 3.83. The van der Waals surface area contributed by atoms with Crippen LogP contribution in [0.5, 0.6) is 0 Å². The average Bonchev–Trinajstić information content (AvgIpc) is 2.40. The lowest BCUT2D eigenvalue weighted by molar-refractivity contribution is 0.710. The van der Waals surface area contributed by atoms with Crippen molar-refractivity contribution in [2.75, 3.05) is 5.73 Å². The van der Waals surface area contributed by atoms with Gasteiger partial charge in [-0.25, -0.2) is 4.98 Å². The maximum atomic E-state index is 11.6. The summed E-state index contributed by atoms with van der Waals surface area (Å²) in [5.74, 6) is 0.128. The second kappa shape index (κ2) is 5.22. The third-order valence-corrected chi connectivity index (χ3v) is 2.69. The van der Waals surface area contributed by atoms with Crippen molar-refractivity contribution in [2.45, 2.75) is 12.5 Å². The zero-order chi connectivity index (χ0) is 13.0. The van der Waals surface area contributed by atoms with Gasteiger partial charge in [0.25, 0.3) is 5.56 Å². The van der Waals surface area contributed by atoms with E-state index in [2.05, 4.69) is 15.1 Å². The van der Waals surface area contributed by atoms with Crippen LogP contribution in [0.3, 0.4) is 0 Å². The molecule has 0 aliphatic rings. The molecule has 18 heavy (non-hydrogen) atoms. The SMILES string of the molecule is Nc1nc[nH]c(=O)c1CC(N=O)c1ccccc1. The zero-order valence-electron chi connectivity index (χ0n) is 9.54. The molecule has 0 radical (unpaired) electrons. The van der Waals surface area contributed by atoms with Crippen LogP contribution in [0.25, 0.3) is 0 Å². The Kier molecular flexibility index (Phi) is 3.47. The molecule has 1 atom stereocenters. The lowest BCUT2D eigenvalue weighted by atomic mass is 10.0. The van der Waals surface area contributed by atoms with Gasteiger partial charge in [0.15, 0.2) is 0 Å². The van der Waals surface area contributed by atoms with Crippen molar-refractivity contribution in [1.82, 2.24) is 9.97 Å². The average molecular weight is 244 g/mol. The first-order valence-electron chi connectivity index (χ1n) is 5.42. The Balaban J connectivity index is 2.32. The van der Waals surface area contributed by atoms with E-state index in [1.165, 1.54) is 6.33 Å². The van der Waals surface area contributed by atoms with Crippen molar-refractivity contribution < 1.29 is 0 Å². The van der Waals surface area contributed by atoms with E-state index >= 15 is 0 Å². The molecule has 0 spiro atoms. The molecular weight excluding hydrogens is 232 g/mol. The van der Waals surface area contributed by atoms with Gasteiger partial charge < -0.3 is 10.7 Å². The number of aromatic amines is 1. The van der Waals surface area contributed by atoms with Gasteiger partial charge >= 0.3 is 0 Å². The van der Waals surface area contributed by atoms with Crippen LogP contribution in [0.1, 0.15) is 17.2 Å². The van der Waals surface area contributed by atoms with Crippen LogP contribution in [-0.4, -0.2) is 9.97 Å². The Hall–Kier alpha value is -2.50. The first-order chi connectivity index (χ1) is 8.72. The molecule has 1 aromatic heterocycles. The Morgan fingerprint density at radius 1 is 1.33 bits per heavy atom. The monoisotopic (exact) mass is 244 g/mol. The summed E-state index contributed by atoms with van der Waals surface area (Å²) in [7, 11) is 0. The molecule has 1 heterocycles. The molecule has 0 bridgehead atoms. The number of aromatic nitrogens is 2. The zero-order valence-corrected chi connectivity index (χ0v) is 9.54. The Morgan fingerprint density at radius 2 is 2.06 bits per heavy atom. The highest BCUT2D eigenvalue weighted by Crippen LogP contribution is 2.21. The summed E-state index contributed by atoms with van der Waals surface area (Å²) in [6, 6.07) is 8.39. The number of nitroso groups, excluding NO2 is 1. The molecule has 0 amide bonds. The van der Waals surface area contributed by atoms with Gasteiger partial charge in [-0.15, -0.1) is 0 Å². The maximum Gasteiger partial charge on any atom is 0.256 e. The quantitative estimate of drug-likeness (QED) is 0.793. The van der Waals surface area contributed by atoms with E-state index < -0.39 is 6.04 Å². The molecule has 1 aromatic carbocycles. The molecule has 0 saturated carbocycles. The summed E-state index contributed by atoms with van der Waals surface area (Å²) >= 11 is 0. The van der Waals surface area contributed by atoms with E-state index in [4.69, 9.17) is 5.73 Å². The maximum absolute atomic E-state index is 11.6. The van der Waals surface area contributed by atoms with Crippen LogP contribution in [0.15, 0.2) is 46.6 Å². The van der Waals surface area contributed by atoms with Crippen LogP contribution < -0.4 is 11.3 Å². The van der Waals surface area contributed by atoms with E-state index in [9.17, 15) is 9.70 Å². The molecule has 0 fully saturated rings. The summed E-state index contributed by atoms with van der Waals surface area (Å²) in [6.45, 7) is 0. The number of anilines is 1. The number of H-pyrrole nitrogens is 1. The first kappa shape index (κ1) is 12.0. The van der Waals surface area contributed by atoms with Gasteiger partial charge in [0.05, 0.1) is 11.9 Å². The van der Waals surface area contributed by atoms with Gasteiger partial charge in [0.2, 0.25) is 0 Å². The number of benzene rings is 1. The first-order valence-corrected chi connectivity index (χ1v) is 5.42. The molecule has 0 aliphatic carbocycles. The van der Waals surface area contributed by atoms with Gasteiger partial charge in [-0.2, -0.15) is 4.91 Å². The third-order valence-electron chi connectivity index (χ3n) is 2.69. The molecule has 3 N–H and O–H groups in total. The lowest BCUT2D eigenvalue weighted by Gasteiger charge is -2.09. The highest BCUT2D eigenvalue weighted by atomic mass is 16.3. The summed E-state index contributed by atoms with van der Waals surface area (Å²) in [4.78, 5) is 28.7. The van der Waals surface area contributed by atoms with Crippen molar-refractivity contribution >= 4 is 5.82 Å². The third kappa shape index (κ3) is 2.42. The number of rotatable bonds is 4. The minimum atomic E-state index is -0.640. The van der Waals surface area contributed by atoms with Gasteiger partial charge in [-0.1, -0.05) is 35.5 Å². The largest absolute Gasteiger partial charge is 0.383 e. The fourth-order valence-electron chi connectivity index (χ4n) is 1.72. The molecule has 92 valence electrons. The summed E-state index contributed by atoms with van der Waals surface area (Å²) in [5.41, 5.74) is 6.32. The Labute approximate surface area is 103 Å². The van der Waals surface area contributed by atoms with E-state index in [-0.39, 0.29) is 23.4 Å². The predicted molar refractivity (Wildman–Crippen MR) is 68.0 cm³/mol. The van der Waals surface area contributed by atoms with Crippen LogP contribution >= 0.6 is 0 Å². The summed E-state index contributed by atoms with van der Waals surface area (Å²) < 4.78 is 0. The molecule has 1 unspecified atom stereocenters. The van der Waals surface area contributed by atoms with Gasteiger partial charge in [0, 0.05) is 6.42 Å². The van der Waals surface area contributed by atoms with Crippen molar-refractivity contribution in [3.8, 4) is 0 Å². The minimum Gasteiger partial charge on any atom is -0.383 e. The normalized spacial score (nSPS) is 12.0. The standard InChI is InChI=1S/C12H12N4O2/c13-11-9(12(17)15-7-14-11)6-10(16-18)8-4-2-1-3-5-8/h1-5,7,10H,6H2,(H3,13,14,15,17). The fourth-order valence-corrected chi connectivity index (χ4v) is 1.72. The topological polar surface area (TPSA) is 101 Å². The van der Waals surface area contributed by atoms with Crippen LogP contribution in [0.2, 0.25) is 0 Å². The smallest absolute Gasteiger partial charge is 0.256 e. The van der Waals surface area contributed by atoms with E-state index in [0.717, 1.165) is 5.56 Å². The van der Waals surface area contributed by atoms with Gasteiger partial charge in [-0.05, 0) is 5.56 Å². The summed E-state index contributed by atoms with van der Waals surface area (Å²) in [5, 5.41) is 3.05. The lowest BCUT2D eigenvalue weighted by Crippen LogP contribution is -2.18. The van der Waals surface area contributed by atoms with Crippen molar-refractivity contribution in [3.63, 3.8) is 0 Å². The fraction of sp³-hybridized carbons (Fsp3) is 0.167. The Bertz CT molecular complexity index is 595. The molecule has 2 aromatic rings. The number of nitrogen functional groups attached to an aromatic ring is 1. The number of nitrogens with two attached hydrogens (primary N) is 1. The van der Waals surface area contributed by atoms with Crippen LogP contribution in [0.4, 0.5) is 5.82 Å². The van der Waals surface area contributed by atoms with E-state index in [1.807, 2.05) is 18.2 Å². The van der Waals surface area contributed by atoms with E-state index in [1.54, 1.807) is 12.1 Å². The molecule has 0 aliphatic heterocycles. The van der Waals surface area contributed by atoms with Crippen LogP contribution in [-0.2, 0) is 6.42 Å². The molecule has 0 saturated heterocycles. The van der Waals surface area contributed by atoms with Crippen molar-refractivity contribution in [1.29, 1.82) is 0 Å². The Morgan fingerprint density at radius 3 is 2.67 bits per heavy atom. The second-order valence-electron chi connectivity index (χ2n) is 3.83. The molecular formula is C12H12N4O2. The number of hydrogen-bond acceptors (Lipinski definition) is 5. The number of nitrogens with one attached hydrogen (secondary N) is 1. The van der Waals surface area contributed by atoms with Gasteiger partial charge in [-0.3, -0.25) is 4.79 Å². The molecule has 6 heteroatoms. The van der Waals surface area contributed by atoms with Crippen molar-refractivity contribution in [3.05, 3.63) is 63.0 Å². The number of nitrogens with zero attached hydrogens (tertiary/aromatic N) is 2. The highest BCUT2D eigenvalue weighted by molar-refractivity contribution is 5.38. The predicted octanol–water partition coefficient (Wildman–Crippen LogP) is 1.40. The van der Waals surface area contributed by atoms with Crippen molar-refractivity contribution in [2.24, 2.45) is 5.18 Å². The molecule has 6 nitrogen and oxygen atoms in total. The summed E-state index contributed by atoms with van der Waals surface area (Å²) in [6.07, 6.45) is 1.37. The van der Waals surface area contributed by atoms with Gasteiger partial charge in [0.1, 0.15) is 11.9 Å².